The normalized spacial score (nSPS) is 14.0. The Hall–Kier alpha value is -3.75. The lowest BCUT2D eigenvalue weighted by atomic mass is 10.1. The summed E-state index contributed by atoms with van der Waals surface area (Å²) in [5, 5.41) is 12.2. The fourth-order valence-electron chi connectivity index (χ4n) is 3.54. The van der Waals surface area contributed by atoms with Crippen molar-refractivity contribution in [3.8, 4) is 5.75 Å². The molecule has 4 rings (SSSR count). The monoisotopic (exact) mass is 410 g/mol. The average Bonchev–Trinajstić information content (AvgIpc) is 2.77. The molecule has 0 aliphatic carbocycles. The lowest BCUT2D eigenvalue weighted by molar-refractivity contribution is -0.382. The van der Waals surface area contributed by atoms with Gasteiger partial charge in [-0.25, -0.2) is 4.39 Å². The van der Waals surface area contributed by atoms with Gasteiger partial charge in [-0.1, -0.05) is 0 Å². The summed E-state index contributed by atoms with van der Waals surface area (Å²) in [6.45, 7) is 1.64. The van der Waals surface area contributed by atoms with Crippen LogP contribution in [0.5, 0.6) is 5.75 Å². The number of anilines is 1. The van der Waals surface area contributed by atoms with Gasteiger partial charge in [0.2, 0.25) is 0 Å². The molecule has 1 amide bonds. The second-order valence-corrected chi connectivity index (χ2v) is 6.87. The fourth-order valence-corrected chi connectivity index (χ4v) is 3.54. The number of pyridine rings is 1. The smallest absolute Gasteiger partial charge is 0.301 e. The number of amides is 1. The number of nitro benzene ring substituents is 1. The number of piperazine rings is 1. The van der Waals surface area contributed by atoms with E-state index in [1.165, 1.54) is 24.3 Å². The maximum atomic E-state index is 12.9. The topological polar surface area (TPSA) is 88.8 Å². The molecule has 8 nitrogen and oxygen atoms in total. The molecule has 0 atom stereocenters. The molecule has 9 heteroatoms. The van der Waals surface area contributed by atoms with E-state index in [0.29, 0.717) is 48.5 Å². The quantitative estimate of drug-likeness (QED) is 0.475. The highest BCUT2D eigenvalue weighted by Gasteiger charge is 2.27. The summed E-state index contributed by atoms with van der Waals surface area (Å²) >= 11 is 0. The molecule has 0 radical (unpaired) electrons. The summed E-state index contributed by atoms with van der Waals surface area (Å²) in [6, 6.07) is 12.3. The van der Waals surface area contributed by atoms with Gasteiger partial charge in [-0.2, -0.15) is 0 Å². The van der Waals surface area contributed by atoms with E-state index in [4.69, 9.17) is 4.74 Å². The Labute approximate surface area is 171 Å². The Kier molecular flexibility index (Phi) is 5.42. The summed E-state index contributed by atoms with van der Waals surface area (Å²) < 4.78 is 18.4. The highest BCUT2D eigenvalue weighted by Crippen LogP contribution is 2.35. The van der Waals surface area contributed by atoms with Crippen LogP contribution in [0.15, 0.2) is 54.7 Å². The van der Waals surface area contributed by atoms with Gasteiger partial charge in [0.1, 0.15) is 17.3 Å². The Bertz CT molecular complexity index is 1080. The number of fused-ring (bicyclic) bond motifs is 1. The zero-order valence-electron chi connectivity index (χ0n) is 16.0. The molecule has 0 N–H and O–H groups in total. The van der Waals surface area contributed by atoms with Gasteiger partial charge in [0, 0.05) is 32.4 Å². The third-order valence-electron chi connectivity index (χ3n) is 5.07. The molecule has 1 aromatic heterocycles. The summed E-state index contributed by atoms with van der Waals surface area (Å²) in [5.41, 5.74) is 1.12. The van der Waals surface area contributed by atoms with E-state index < -0.39 is 0 Å². The van der Waals surface area contributed by atoms with E-state index >= 15 is 0 Å². The van der Waals surface area contributed by atoms with Crippen molar-refractivity contribution in [1.29, 1.82) is 0 Å². The molecule has 0 bridgehead atoms. The third-order valence-corrected chi connectivity index (χ3v) is 5.07. The predicted molar refractivity (Wildman–Crippen MR) is 109 cm³/mol. The summed E-state index contributed by atoms with van der Waals surface area (Å²) in [7, 11) is 0. The molecule has 0 saturated carbocycles. The number of aromatic nitrogens is 1. The maximum absolute atomic E-state index is 12.9. The summed E-state index contributed by atoms with van der Waals surface area (Å²) in [4.78, 5) is 31.5. The number of nitro groups is 1. The van der Waals surface area contributed by atoms with Crippen molar-refractivity contribution in [3.05, 3.63) is 70.7 Å². The van der Waals surface area contributed by atoms with Crippen LogP contribution in [0.1, 0.15) is 0 Å². The number of carbonyl (C=O) groups excluding carboxylic acids is 1. The number of rotatable bonds is 5. The first kappa shape index (κ1) is 19.6. The van der Waals surface area contributed by atoms with Crippen LogP contribution in [0.2, 0.25) is 0 Å². The van der Waals surface area contributed by atoms with Crippen molar-refractivity contribution in [1.82, 2.24) is 9.88 Å². The van der Waals surface area contributed by atoms with Crippen LogP contribution >= 0.6 is 0 Å². The Balaban J connectivity index is 1.42. The minimum atomic E-state index is -0.382. The molecule has 0 unspecified atom stereocenters. The van der Waals surface area contributed by atoms with Crippen LogP contribution < -0.4 is 9.64 Å². The first-order chi connectivity index (χ1) is 14.5. The van der Waals surface area contributed by atoms with Crippen molar-refractivity contribution in [2.45, 2.75) is 0 Å². The van der Waals surface area contributed by atoms with E-state index in [-0.39, 0.29) is 28.9 Å². The van der Waals surface area contributed by atoms with Crippen LogP contribution in [0.3, 0.4) is 0 Å². The lowest BCUT2D eigenvalue weighted by Gasteiger charge is -2.35. The molecule has 2 aromatic carbocycles. The Morgan fingerprint density at radius 2 is 1.83 bits per heavy atom. The van der Waals surface area contributed by atoms with E-state index in [0.717, 1.165) is 0 Å². The first-order valence-corrected chi connectivity index (χ1v) is 9.46. The summed E-state index contributed by atoms with van der Waals surface area (Å²) in [6.07, 6.45) is 1.60. The van der Waals surface area contributed by atoms with E-state index in [9.17, 15) is 19.3 Å². The van der Waals surface area contributed by atoms with Gasteiger partial charge in [-0.15, -0.1) is 0 Å². The van der Waals surface area contributed by atoms with E-state index in [2.05, 4.69) is 4.98 Å². The number of benzene rings is 2. The van der Waals surface area contributed by atoms with Gasteiger partial charge >= 0.3 is 5.69 Å². The van der Waals surface area contributed by atoms with E-state index in [1.807, 2.05) is 4.90 Å². The van der Waals surface area contributed by atoms with Crippen LogP contribution in [0.4, 0.5) is 15.8 Å². The van der Waals surface area contributed by atoms with Gasteiger partial charge in [-0.3, -0.25) is 19.9 Å². The molecule has 1 aliphatic rings. The fraction of sp³-hybridized carbons (Fsp3) is 0.238. The standard InChI is InChI=1S/C21H19FN4O4/c22-15-3-5-16(6-4-15)30-14-20(27)25-12-10-24(11-13-25)19-8-7-18-17(2-1-9-23-18)21(19)26(28)29/h1-9H,10-14H2. The second-order valence-electron chi connectivity index (χ2n) is 6.87. The molecule has 1 fully saturated rings. The van der Waals surface area contributed by atoms with Crippen molar-refractivity contribution < 1.29 is 18.8 Å². The van der Waals surface area contributed by atoms with Crippen molar-refractivity contribution in [3.63, 3.8) is 0 Å². The molecule has 30 heavy (non-hydrogen) atoms. The van der Waals surface area contributed by atoms with Gasteiger partial charge in [0.05, 0.1) is 15.8 Å². The molecule has 2 heterocycles. The summed E-state index contributed by atoms with van der Waals surface area (Å²) in [5.74, 6) is -0.136. The van der Waals surface area contributed by atoms with Crippen LogP contribution in [0.25, 0.3) is 10.9 Å². The van der Waals surface area contributed by atoms with Crippen molar-refractivity contribution in [2.75, 3.05) is 37.7 Å². The van der Waals surface area contributed by atoms with Gasteiger partial charge in [0.15, 0.2) is 6.61 Å². The molecule has 0 spiro atoms. The van der Waals surface area contributed by atoms with Gasteiger partial charge in [-0.05, 0) is 48.5 Å². The minimum absolute atomic E-state index is 0.0278. The van der Waals surface area contributed by atoms with Crippen molar-refractivity contribution in [2.24, 2.45) is 0 Å². The molecular weight excluding hydrogens is 391 g/mol. The highest BCUT2D eigenvalue weighted by molar-refractivity contribution is 5.94. The molecule has 3 aromatic rings. The average molecular weight is 410 g/mol. The zero-order valence-corrected chi connectivity index (χ0v) is 16.0. The van der Waals surface area contributed by atoms with Gasteiger partial charge < -0.3 is 14.5 Å². The lowest BCUT2D eigenvalue weighted by Crippen LogP contribution is -2.50. The molecule has 154 valence electrons. The van der Waals surface area contributed by atoms with Crippen LogP contribution in [0, 0.1) is 15.9 Å². The molecule has 1 saturated heterocycles. The Morgan fingerprint density at radius 3 is 2.53 bits per heavy atom. The number of ether oxygens (including phenoxy) is 1. The zero-order chi connectivity index (χ0) is 21.1. The van der Waals surface area contributed by atoms with Crippen molar-refractivity contribution >= 4 is 28.2 Å². The van der Waals surface area contributed by atoms with E-state index in [1.54, 1.807) is 35.4 Å². The van der Waals surface area contributed by atoms with Gasteiger partial charge in [0.25, 0.3) is 5.91 Å². The number of hydrogen-bond acceptors (Lipinski definition) is 6. The SMILES string of the molecule is O=C(COc1ccc(F)cc1)N1CCN(c2ccc3ncccc3c2[N+](=O)[O-])CC1. The molecule has 1 aliphatic heterocycles. The highest BCUT2D eigenvalue weighted by atomic mass is 19.1. The number of hydrogen-bond donors (Lipinski definition) is 0. The molecular formula is C21H19FN4O4. The maximum Gasteiger partial charge on any atom is 0.301 e. The number of carbonyl (C=O) groups is 1. The first-order valence-electron chi connectivity index (χ1n) is 9.46. The predicted octanol–water partition coefficient (Wildman–Crippen LogP) is 3.01. The Morgan fingerprint density at radius 1 is 1.10 bits per heavy atom. The second kappa shape index (κ2) is 8.32. The number of halogens is 1. The number of nitrogens with zero attached hydrogens (tertiary/aromatic N) is 4. The third kappa shape index (κ3) is 4.00. The largest absolute Gasteiger partial charge is 0.484 e. The minimum Gasteiger partial charge on any atom is -0.484 e. The van der Waals surface area contributed by atoms with Crippen LogP contribution in [-0.2, 0) is 4.79 Å². The van der Waals surface area contributed by atoms with Crippen LogP contribution in [-0.4, -0.2) is 53.5 Å².